The van der Waals surface area contributed by atoms with Crippen molar-refractivity contribution in [2.24, 2.45) is 0 Å². The van der Waals surface area contributed by atoms with Crippen LogP contribution in [0.25, 0.3) is 30.4 Å². The van der Waals surface area contributed by atoms with Gasteiger partial charge in [-0.15, -0.1) is 34.0 Å². The summed E-state index contributed by atoms with van der Waals surface area (Å²) in [5, 5.41) is 11.4. The largest absolute Gasteiger partial charge is 0.382 e. The smallest absolute Gasteiger partial charge is 0.154 e. The lowest BCUT2D eigenvalue weighted by molar-refractivity contribution is 1.11. The molecule has 0 spiro atoms. The SMILES string of the molecule is Nc1n[nH]c(-c2cc3sccc3s2)c1-c1cccs1. The number of aromatic amines is 1. The van der Waals surface area contributed by atoms with Gasteiger partial charge in [-0.25, -0.2) is 0 Å². The van der Waals surface area contributed by atoms with E-state index in [0.29, 0.717) is 5.82 Å². The lowest BCUT2D eigenvalue weighted by Gasteiger charge is -1.98. The molecule has 0 radical (unpaired) electrons. The molecule has 4 aromatic rings. The monoisotopic (exact) mass is 303 g/mol. The highest BCUT2D eigenvalue weighted by Crippen LogP contribution is 2.42. The molecule has 4 heterocycles. The highest BCUT2D eigenvalue weighted by Gasteiger charge is 2.17. The van der Waals surface area contributed by atoms with Crippen LogP contribution in [0, 0.1) is 0 Å². The van der Waals surface area contributed by atoms with Gasteiger partial charge >= 0.3 is 0 Å². The molecule has 0 aromatic carbocycles. The predicted molar refractivity (Wildman–Crippen MR) is 85.0 cm³/mol. The van der Waals surface area contributed by atoms with Gasteiger partial charge in [-0.3, -0.25) is 5.10 Å². The molecular weight excluding hydrogens is 294 g/mol. The molecule has 0 saturated carbocycles. The van der Waals surface area contributed by atoms with Crippen molar-refractivity contribution in [2.75, 3.05) is 5.73 Å². The van der Waals surface area contributed by atoms with Gasteiger partial charge < -0.3 is 5.73 Å². The number of nitrogens with one attached hydrogen (secondary N) is 1. The Morgan fingerprint density at radius 1 is 1.05 bits per heavy atom. The van der Waals surface area contributed by atoms with Crippen molar-refractivity contribution in [1.29, 1.82) is 0 Å². The Morgan fingerprint density at radius 2 is 2.00 bits per heavy atom. The van der Waals surface area contributed by atoms with Crippen LogP contribution in [-0.2, 0) is 0 Å². The molecule has 4 aromatic heterocycles. The lowest BCUT2D eigenvalue weighted by Crippen LogP contribution is -1.86. The number of hydrogen-bond donors (Lipinski definition) is 2. The Hall–Kier alpha value is -1.63. The number of aromatic nitrogens is 2. The van der Waals surface area contributed by atoms with E-state index in [0.717, 1.165) is 16.1 Å². The van der Waals surface area contributed by atoms with E-state index in [-0.39, 0.29) is 0 Å². The van der Waals surface area contributed by atoms with Crippen molar-refractivity contribution >= 4 is 49.2 Å². The van der Waals surface area contributed by atoms with Gasteiger partial charge in [-0.1, -0.05) is 6.07 Å². The Morgan fingerprint density at radius 3 is 2.79 bits per heavy atom. The van der Waals surface area contributed by atoms with E-state index in [9.17, 15) is 0 Å². The fourth-order valence-corrected chi connectivity index (χ4v) is 4.99. The molecule has 0 aliphatic carbocycles. The van der Waals surface area contributed by atoms with E-state index in [1.165, 1.54) is 14.3 Å². The normalized spacial score (nSPS) is 11.4. The van der Waals surface area contributed by atoms with Gasteiger partial charge in [0.15, 0.2) is 5.82 Å². The molecule has 0 aliphatic rings. The summed E-state index contributed by atoms with van der Waals surface area (Å²) < 4.78 is 2.62. The molecular formula is C13H9N3S3. The number of thiophene rings is 3. The van der Waals surface area contributed by atoms with Crippen LogP contribution >= 0.6 is 34.0 Å². The molecule has 0 saturated heterocycles. The predicted octanol–water partition coefficient (Wildman–Crippen LogP) is 4.66. The Labute approximate surface area is 121 Å². The molecule has 3 nitrogen and oxygen atoms in total. The fraction of sp³-hybridized carbons (Fsp3) is 0. The van der Waals surface area contributed by atoms with Crippen molar-refractivity contribution in [3.8, 4) is 21.0 Å². The van der Waals surface area contributed by atoms with Crippen LogP contribution in [0.5, 0.6) is 0 Å². The Bertz CT molecular complexity index is 807. The van der Waals surface area contributed by atoms with Crippen molar-refractivity contribution in [2.45, 2.75) is 0 Å². The van der Waals surface area contributed by atoms with Gasteiger partial charge in [0.2, 0.25) is 0 Å². The van der Waals surface area contributed by atoms with E-state index < -0.39 is 0 Å². The number of H-pyrrole nitrogens is 1. The van der Waals surface area contributed by atoms with Crippen LogP contribution in [-0.4, -0.2) is 10.2 Å². The number of fused-ring (bicyclic) bond motifs is 1. The highest BCUT2D eigenvalue weighted by molar-refractivity contribution is 7.28. The van der Waals surface area contributed by atoms with Crippen LogP contribution in [0.15, 0.2) is 35.0 Å². The van der Waals surface area contributed by atoms with E-state index >= 15 is 0 Å². The summed E-state index contributed by atoms with van der Waals surface area (Å²) in [6.07, 6.45) is 0. The van der Waals surface area contributed by atoms with E-state index in [4.69, 9.17) is 5.73 Å². The van der Waals surface area contributed by atoms with Crippen molar-refractivity contribution in [1.82, 2.24) is 10.2 Å². The van der Waals surface area contributed by atoms with Crippen LogP contribution in [0.1, 0.15) is 0 Å². The number of nitrogen functional groups attached to an aromatic ring is 1. The van der Waals surface area contributed by atoms with Crippen LogP contribution in [0.2, 0.25) is 0 Å². The Balaban J connectivity index is 1.94. The summed E-state index contributed by atoms with van der Waals surface area (Å²) in [7, 11) is 0. The van der Waals surface area contributed by atoms with E-state index in [1.54, 1.807) is 34.0 Å². The second-order valence-corrected chi connectivity index (χ2v) is 7.08. The topological polar surface area (TPSA) is 54.7 Å². The van der Waals surface area contributed by atoms with Crippen LogP contribution in [0.3, 0.4) is 0 Å². The maximum atomic E-state index is 6.01. The van der Waals surface area contributed by atoms with Crippen molar-refractivity contribution < 1.29 is 0 Å². The summed E-state index contributed by atoms with van der Waals surface area (Å²) >= 11 is 5.21. The Kier molecular flexibility index (Phi) is 2.48. The first-order valence-electron chi connectivity index (χ1n) is 5.68. The summed E-state index contributed by atoms with van der Waals surface area (Å²) in [6, 6.07) is 8.46. The first-order valence-corrected chi connectivity index (χ1v) is 8.25. The molecule has 0 unspecified atom stereocenters. The first-order chi connectivity index (χ1) is 9.33. The van der Waals surface area contributed by atoms with E-state index in [1.807, 2.05) is 6.07 Å². The van der Waals surface area contributed by atoms with Gasteiger partial charge in [0.1, 0.15) is 0 Å². The summed E-state index contributed by atoms with van der Waals surface area (Å²) in [4.78, 5) is 2.34. The third-order valence-electron chi connectivity index (χ3n) is 2.95. The first kappa shape index (κ1) is 11.2. The molecule has 0 aliphatic heterocycles. The third-order valence-corrected chi connectivity index (χ3v) is 5.95. The number of nitrogens with zero attached hydrogens (tertiary/aromatic N) is 1. The van der Waals surface area contributed by atoms with Gasteiger partial charge in [-0.2, -0.15) is 5.10 Å². The molecule has 19 heavy (non-hydrogen) atoms. The standard InChI is InChI=1S/C13H9N3S3/c14-13-11(8-2-1-4-17-8)12(15-16-13)10-6-9-7(19-10)3-5-18-9/h1-6H,(H3,14,15,16). The van der Waals surface area contributed by atoms with Gasteiger partial charge in [0, 0.05) is 14.3 Å². The van der Waals surface area contributed by atoms with Gasteiger partial charge in [0.25, 0.3) is 0 Å². The fourth-order valence-electron chi connectivity index (χ4n) is 2.09. The molecule has 6 heteroatoms. The summed E-state index contributed by atoms with van der Waals surface area (Å²) in [5.74, 6) is 0.564. The number of anilines is 1. The molecule has 0 amide bonds. The zero-order valence-electron chi connectivity index (χ0n) is 9.71. The average molecular weight is 303 g/mol. The number of hydrogen-bond acceptors (Lipinski definition) is 5. The van der Waals surface area contributed by atoms with Crippen LogP contribution < -0.4 is 5.73 Å². The second-order valence-electron chi connectivity index (χ2n) is 4.10. The average Bonchev–Trinajstić information content (AvgIpc) is 3.10. The third kappa shape index (κ3) is 1.72. The number of nitrogens with two attached hydrogens (primary N) is 1. The number of rotatable bonds is 2. The molecule has 4 rings (SSSR count). The highest BCUT2D eigenvalue weighted by atomic mass is 32.1. The molecule has 0 atom stereocenters. The maximum absolute atomic E-state index is 6.01. The minimum Gasteiger partial charge on any atom is -0.382 e. The maximum Gasteiger partial charge on any atom is 0.154 e. The van der Waals surface area contributed by atoms with Gasteiger partial charge in [-0.05, 0) is 29.0 Å². The summed E-state index contributed by atoms with van der Waals surface area (Å²) in [5.41, 5.74) is 8.05. The quantitative estimate of drug-likeness (QED) is 0.565. The van der Waals surface area contributed by atoms with Gasteiger partial charge in [0.05, 0.1) is 16.1 Å². The van der Waals surface area contributed by atoms with Crippen LogP contribution in [0.4, 0.5) is 5.82 Å². The second kappa shape index (κ2) is 4.19. The minimum atomic E-state index is 0.564. The zero-order valence-corrected chi connectivity index (χ0v) is 12.2. The molecule has 0 fully saturated rings. The molecule has 94 valence electrons. The van der Waals surface area contributed by atoms with Crippen molar-refractivity contribution in [3.63, 3.8) is 0 Å². The lowest BCUT2D eigenvalue weighted by atomic mass is 10.1. The van der Waals surface area contributed by atoms with E-state index in [2.05, 4.69) is 39.2 Å². The zero-order chi connectivity index (χ0) is 12.8. The minimum absolute atomic E-state index is 0.564. The molecule has 0 bridgehead atoms. The van der Waals surface area contributed by atoms with Crippen molar-refractivity contribution in [3.05, 3.63) is 35.0 Å². The summed E-state index contributed by atoms with van der Waals surface area (Å²) in [6.45, 7) is 0. The molecule has 3 N–H and O–H groups in total.